The molecule has 5 heterocycles. The number of piperazine rings is 1. The smallest absolute Gasteiger partial charge is 0.246 e. The van der Waals surface area contributed by atoms with Crippen molar-refractivity contribution in [3.63, 3.8) is 0 Å². The summed E-state index contributed by atoms with van der Waals surface area (Å²) in [5.74, 6) is 2.32. The van der Waals surface area contributed by atoms with E-state index in [1.54, 1.807) is 0 Å². The van der Waals surface area contributed by atoms with Gasteiger partial charge in [-0.2, -0.15) is 4.98 Å². The van der Waals surface area contributed by atoms with Gasteiger partial charge in [-0.25, -0.2) is 9.97 Å². The van der Waals surface area contributed by atoms with Crippen molar-refractivity contribution in [1.82, 2.24) is 25.6 Å². The van der Waals surface area contributed by atoms with Gasteiger partial charge in [-0.1, -0.05) is 12.8 Å². The fraction of sp³-hybridized carbons (Fsp3) is 0.565. The molecule has 3 fully saturated rings. The third-order valence-corrected chi connectivity index (χ3v) is 7.42. The van der Waals surface area contributed by atoms with Crippen molar-refractivity contribution in [2.75, 3.05) is 47.8 Å². The predicted molar refractivity (Wildman–Crippen MR) is 123 cm³/mol. The summed E-state index contributed by atoms with van der Waals surface area (Å²) in [5.41, 5.74) is 1.71. The molecule has 1 spiro atoms. The highest BCUT2D eigenvalue weighted by Gasteiger charge is 2.55. The third kappa shape index (κ3) is 3.26. The quantitative estimate of drug-likeness (QED) is 0.667. The molecule has 168 valence electrons. The molecule has 9 heteroatoms. The van der Waals surface area contributed by atoms with Crippen LogP contribution in [0.25, 0.3) is 0 Å². The maximum atomic E-state index is 12.9. The van der Waals surface area contributed by atoms with Crippen LogP contribution in [0.1, 0.15) is 37.7 Å². The number of aromatic nitrogens is 3. The molecule has 3 N–H and O–H groups in total. The molecule has 32 heavy (non-hydrogen) atoms. The number of anilines is 4. The van der Waals surface area contributed by atoms with Crippen LogP contribution < -0.4 is 25.8 Å². The summed E-state index contributed by atoms with van der Waals surface area (Å²) >= 11 is 0. The summed E-state index contributed by atoms with van der Waals surface area (Å²) in [7, 11) is 0. The van der Waals surface area contributed by atoms with Crippen molar-refractivity contribution in [1.29, 1.82) is 0 Å². The van der Waals surface area contributed by atoms with E-state index in [2.05, 4.69) is 41.8 Å². The van der Waals surface area contributed by atoms with E-state index in [0.29, 0.717) is 18.4 Å². The number of carbonyl (C=O) groups excluding carboxylic acids is 1. The summed E-state index contributed by atoms with van der Waals surface area (Å²) in [6, 6.07) is 4.45. The number of nitrogens with zero attached hydrogens (tertiary/aromatic N) is 5. The number of fused-ring (bicyclic) bond motifs is 1. The highest BCUT2D eigenvalue weighted by molar-refractivity contribution is 5.94. The molecule has 1 atom stereocenters. The Morgan fingerprint density at radius 1 is 1.06 bits per heavy atom. The lowest BCUT2D eigenvalue weighted by Gasteiger charge is -2.38. The lowest BCUT2D eigenvalue weighted by atomic mass is 9.91. The zero-order valence-corrected chi connectivity index (χ0v) is 18.3. The van der Waals surface area contributed by atoms with E-state index >= 15 is 0 Å². The van der Waals surface area contributed by atoms with Gasteiger partial charge in [0.05, 0.1) is 11.9 Å². The number of hydrogen-bond acceptors (Lipinski definition) is 8. The molecule has 1 unspecified atom stereocenters. The van der Waals surface area contributed by atoms with Gasteiger partial charge in [0.2, 0.25) is 11.9 Å². The second-order valence-corrected chi connectivity index (χ2v) is 9.33. The van der Waals surface area contributed by atoms with Crippen LogP contribution in [0.2, 0.25) is 0 Å². The minimum Gasteiger partial charge on any atom is -0.368 e. The Kier molecular flexibility index (Phi) is 4.86. The second kappa shape index (κ2) is 7.88. The molecule has 2 aromatic heterocycles. The van der Waals surface area contributed by atoms with Crippen LogP contribution in [-0.4, -0.2) is 65.2 Å². The van der Waals surface area contributed by atoms with Crippen LogP contribution in [0, 0.1) is 0 Å². The van der Waals surface area contributed by atoms with Crippen LogP contribution in [0.4, 0.5) is 23.3 Å². The van der Waals surface area contributed by atoms with Gasteiger partial charge in [-0.3, -0.25) is 4.79 Å². The molecule has 0 aromatic carbocycles. The SMILES string of the molecule is O=C1NCCC12Cc1cnc(Nc3ccc(N4CCNCC4)cn3)nc1N2C1CCCC1. The fourth-order valence-electron chi connectivity index (χ4n) is 5.82. The molecule has 0 bridgehead atoms. The van der Waals surface area contributed by atoms with E-state index in [-0.39, 0.29) is 5.91 Å². The molecule has 3 aliphatic heterocycles. The van der Waals surface area contributed by atoms with E-state index < -0.39 is 5.54 Å². The number of pyridine rings is 1. The monoisotopic (exact) mass is 434 g/mol. The first-order chi connectivity index (χ1) is 15.7. The Bertz CT molecular complexity index is 1000. The van der Waals surface area contributed by atoms with E-state index in [1.165, 1.54) is 12.8 Å². The zero-order valence-electron chi connectivity index (χ0n) is 18.3. The Balaban J connectivity index is 1.26. The number of rotatable bonds is 4. The van der Waals surface area contributed by atoms with E-state index in [0.717, 1.165) is 74.9 Å². The molecular formula is C23H30N8O. The van der Waals surface area contributed by atoms with Gasteiger partial charge in [0.25, 0.3) is 0 Å². The van der Waals surface area contributed by atoms with Crippen molar-refractivity contribution in [2.24, 2.45) is 0 Å². The lowest BCUT2D eigenvalue weighted by molar-refractivity contribution is -0.123. The van der Waals surface area contributed by atoms with Crippen molar-refractivity contribution >= 4 is 29.2 Å². The van der Waals surface area contributed by atoms with Crippen molar-refractivity contribution in [3.05, 3.63) is 30.1 Å². The molecule has 1 aliphatic carbocycles. The summed E-state index contributed by atoms with van der Waals surface area (Å²) in [5, 5.41) is 9.71. The van der Waals surface area contributed by atoms with Crippen LogP contribution in [0.5, 0.6) is 0 Å². The Hall–Kier alpha value is -2.94. The molecule has 0 radical (unpaired) electrons. The van der Waals surface area contributed by atoms with Gasteiger partial charge < -0.3 is 25.8 Å². The Morgan fingerprint density at radius 3 is 2.62 bits per heavy atom. The predicted octanol–water partition coefficient (Wildman–Crippen LogP) is 1.59. The van der Waals surface area contributed by atoms with E-state index in [9.17, 15) is 4.79 Å². The van der Waals surface area contributed by atoms with Gasteiger partial charge in [-0.05, 0) is 31.4 Å². The van der Waals surface area contributed by atoms with Gasteiger partial charge in [0.1, 0.15) is 17.2 Å². The molecule has 4 aliphatic rings. The summed E-state index contributed by atoms with van der Waals surface area (Å²) in [6.07, 6.45) is 10.00. The maximum absolute atomic E-state index is 12.9. The zero-order chi connectivity index (χ0) is 21.5. The summed E-state index contributed by atoms with van der Waals surface area (Å²) in [6.45, 7) is 4.72. The fourth-order valence-corrected chi connectivity index (χ4v) is 5.82. The van der Waals surface area contributed by atoms with Crippen LogP contribution in [0.15, 0.2) is 24.5 Å². The van der Waals surface area contributed by atoms with Gasteiger partial charge in [-0.15, -0.1) is 0 Å². The highest BCUT2D eigenvalue weighted by atomic mass is 16.2. The molecule has 9 nitrogen and oxygen atoms in total. The normalized spacial score (nSPS) is 25.4. The number of amides is 1. The third-order valence-electron chi connectivity index (χ3n) is 7.42. The highest BCUT2D eigenvalue weighted by Crippen LogP contribution is 2.46. The largest absolute Gasteiger partial charge is 0.368 e. The second-order valence-electron chi connectivity index (χ2n) is 9.33. The first kappa shape index (κ1) is 19.7. The standard InChI is InChI=1S/C23H30N8O/c32-21-23(7-8-25-21)13-16-14-27-22(29-20(16)31(23)17-3-1-2-4-17)28-19-6-5-18(15-26-19)30-11-9-24-10-12-30/h5-6,14-15,17,24H,1-4,7-13H2,(H,25,32)(H,26,27,28,29). The van der Waals surface area contributed by atoms with E-state index in [4.69, 9.17) is 4.98 Å². The first-order valence-electron chi connectivity index (χ1n) is 11.9. The Labute approximate surface area is 188 Å². The average Bonchev–Trinajstić information content (AvgIpc) is 3.55. The van der Waals surface area contributed by atoms with Gasteiger partial charge in [0.15, 0.2) is 0 Å². The number of nitrogens with one attached hydrogen (secondary N) is 3. The summed E-state index contributed by atoms with van der Waals surface area (Å²) < 4.78 is 0. The Morgan fingerprint density at radius 2 is 1.91 bits per heavy atom. The lowest BCUT2D eigenvalue weighted by Crippen LogP contribution is -2.56. The molecule has 6 rings (SSSR count). The molecular weight excluding hydrogens is 404 g/mol. The van der Waals surface area contributed by atoms with Gasteiger partial charge in [0, 0.05) is 56.9 Å². The molecule has 1 saturated carbocycles. The van der Waals surface area contributed by atoms with E-state index in [1.807, 2.05) is 18.5 Å². The first-order valence-corrected chi connectivity index (χ1v) is 11.9. The number of hydrogen-bond donors (Lipinski definition) is 3. The topological polar surface area (TPSA) is 98.3 Å². The average molecular weight is 435 g/mol. The van der Waals surface area contributed by atoms with Gasteiger partial charge >= 0.3 is 0 Å². The minimum atomic E-state index is -0.492. The maximum Gasteiger partial charge on any atom is 0.246 e. The number of carbonyl (C=O) groups is 1. The van der Waals surface area contributed by atoms with Crippen LogP contribution in [0.3, 0.4) is 0 Å². The van der Waals surface area contributed by atoms with Crippen LogP contribution in [-0.2, 0) is 11.2 Å². The summed E-state index contributed by atoms with van der Waals surface area (Å²) in [4.78, 5) is 31.7. The molecule has 2 aromatic rings. The molecule has 1 amide bonds. The van der Waals surface area contributed by atoms with Crippen molar-refractivity contribution < 1.29 is 4.79 Å². The van der Waals surface area contributed by atoms with Crippen molar-refractivity contribution in [2.45, 2.75) is 50.1 Å². The van der Waals surface area contributed by atoms with Crippen molar-refractivity contribution in [3.8, 4) is 0 Å². The minimum absolute atomic E-state index is 0.141. The molecule has 2 saturated heterocycles. The van der Waals surface area contributed by atoms with Crippen LogP contribution >= 0.6 is 0 Å².